The van der Waals surface area contributed by atoms with Crippen molar-refractivity contribution in [1.82, 2.24) is 0 Å². The summed E-state index contributed by atoms with van der Waals surface area (Å²) < 4.78 is 0. The van der Waals surface area contributed by atoms with Gasteiger partial charge in [-0.2, -0.15) is 0 Å². The lowest BCUT2D eigenvalue weighted by Gasteiger charge is -2.06. The molecule has 3 aromatic rings. The van der Waals surface area contributed by atoms with Crippen LogP contribution in [0.1, 0.15) is 31.8 Å². The summed E-state index contributed by atoms with van der Waals surface area (Å²) in [4.78, 5) is 24.9. The van der Waals surface area contributed by atoms with Crippen LogP contribution in [0.15, 0.2) is 78.9 Å². The van der Waals surface area contributed by atoms with Crippen LogP contribution < -0.4 is 0 Å². The van der Waals surface area contributed by atoms with Crippen molar-refractivity contribution in [3.8, 4) is 5.75 Å². The van der Waals surface area contributed by atoms with Gasteiger partial charge in [0, 0.05) is 29.5 Å². The largest absolute Gasteiger partial charge is 0.508 e. The number of carbonyl (C=O) groups is 2. The molecule has 0 atom stereocenters. The number of hydrogen-bond acceptors (Lipinski definition) is 3. The Morgan fingerprint density at radius 3 is 1.96 bits per heavy atom. The average Bonchev–Trinajstić information content (AvgIpc) is 2.64. The van der Waals surface area contributed by atoms with Gasteiger partial charge in [-0.25, -0.2) is 0 Å². The zero-order valence-corrected chi connectivity index (χ0v) is 13.7. The van der Waals surface area contributed by atoms with E-state index in [4.69, 9.17) is 0 Å². The van der Waals surface area contributed by atoms with E-state index in [-0.39, 0.29) is 23.7 Å². The standard InChI is InChI=1S/C22H18O3/c23-20-12-5-4-9-19(20)15-22(25)18-11-6-10-17(14-18)21(24)13-16-7-2-1-3-8-16/h1-12,14,23H,13,15H2. The lowest BCUT2D eigenvalue weighted by Crippen LogP contribution is -2.08. The summed E-state index contributed by atoms with van der Waals surface area (Å²) in [6.45, 7) is 0. The Morgan fingerprint density at radius 1 is 0.680 bits per heavy atom. The van der Waals surface area contributed by atoms with Gasteiger partial charge in [0.15, 0.2) is 11.6 Å². The van der Waals surface area contributed by atoms with E-state index in [0.29, 0.717) is 23.1 Å². The molecule has 0 amide bonds. The first-order chi connectivity index (χ1) is 12.1. The molecule has 0 heterocycles. The predicted octanol–water partition coefficient (Wildman–Crippen LogP) is 4.24. The van der Waals surface area contributed by atoms with E-state index in [1.165, 1.54) is 0 Å². The van der Waals surface area contributed by atoms with Gasteiger partial charge in [0.2, 0.25) is 0 Å². The molecular formula is C22H18O3. The third-order valence-electron chi connectivity index (χ3n) is 4.06. The van der Waals surface area contributed by atoms with Crippen LogP contribution in [-0.4, -0.2) is 16.7 Å². The summed E-state index contributed by atoms with van der Waals surface area (Å²) in [5, 5.41) is 9.81. The molecular weight excluding hydrogens is 312 g/mol. The van der Waals surface area contributed by atoms with Gasteiger partial charge in [-0.3, -0.25) is 9.59 Å². The minimum absolute atomic E-state index is 0.0246. The SMILES string of the molecule is O=C(Cc1ccccc1)c1cccc(C(=O)Cc2ccccc2O)c1. The second-order valence-electron chi connectivity index (χ2n) is 5.90. The predicted molar refractivity (Wildman–Crippen MR) is 97.1 cm³/mol. The second kappa shape index (κ2) is 7.58. The smallest absolute Gasteiger partial charge is 0.167 e. The molecule has 0 unspecified atom stereocenters. The molecule has 3 rings (SSSR count). The van der Waals surface area contributed by atoms with Crippen LogP contribution in [0.4, 0.5) is 0 Å². The van der Waals surface area contributed by atoms with Gasteiger partial charge < -0.3 is 5.11 Å². The lowest BCUT2D eigenvalue weighted by atomic mass is 9.97. The maximum absolute atomic E-state index is 12.5. The van der Waals surface area contributed by atoms with Gasteiger partial charge in [-0.1, -0.05) is 66.7 Å². The van der Waals surface area contributed by atoms with Crippen molar-refractivity contribution in [2.75, 3.05) is 0 Å². The third kappa shape index (κ3) is 4.21. The van der Waals surface area contributed by atoms with Gasteiger partial charge in [-0.05, 0) is 17.7 Å². The molecule has 0 aliphatic heterocycles. The number of para-hydroxylation sites is 1. The lowest BCUT2D eigenvalue weighted by molar-refractivity contribution is 0.0991. The topological polar surface area (TPSA) is 54.4 Å². The fourth-order valence-electron chi connectivity index (χ4n) is 2.68. The summed E-state index contributed by atoms with van der Waals surface area (Å²) in [5.41, 5.74) is 2.51. The van der Waals surface area contributed by atoms with Crippen molar-refractivity contribution in [1.29, 1.82) is 0 Å². The minimum Gasteiger partial charge on any atom is -0.508 e. The van der Waals surface area contributed by atoms with Crippen LogP contribution in [0.2, 0.25) is 0 Å². The fourth-order valence-corrected chi connectivity index (χ4v) is 2.68. The van der Waals surface area contributed by atoms with E-state index in [2.05, 4.69) is 0 Å². The van der Waals surface area contributed by atoms with E-state index in [1.807, 2.05) is 30.3 Å². The molecule has 3 heteroatoms. The summed E-state index contributed by atoms with van der Waals surface area (Å²) in [5.74, 6) is -0.0496. The van der Waals surface area contributed by atoms with Crippen LogP contribution in [0.5, 0.6) is 5.75 Å². The number of rotatable bonds is 6. The fraction of sp³-hybridized carbons (Fsp3) is 0.0909. The highest BCUT2D eigenvalue weighted by atomic mass is 16.3. The van der Waals surface area contributed by atoms with E-state index in [9.17, 15) is 14.7 Å². The Bertz CT molecular complexity index is 898. The number of phenolic OH excluding ortho intramolecular Hbond substituents is 1. The van der Waals surface area contributed by atoms with Crippen LogP contribution >= 0.6 is 0 Å². The minimum atomic E-state index is -0.129. The first-order valence-electron chi connectivity index (χ1n) is 8.11. The molecule has 0 saturated heterocycles. The second-order valence-corrected chi connectivity index (χ2v) is 5.90. The first-order valence-corrected chi connectivity index (χ1v) is 8.11. The molecule has 0 bridgehead atoms. The Kier molecular flexibility index (Phi) is 5.05. The molecule has 0 aromatic heterocycles. The quantitative estimate of drug-likeness (QED) is 0.688. The van der Waals surface area contributed by atoms with Crippen LogP contribution in [0, 0.1) is 0 Å². The Hall–Kier alpha value is -3.20. The molecule has 0 saturated carbocycles. The maximum atomic E-state index is 12.5. The van der Waals surface area contributed by atoms with Crippen molar-refractivity contribution in [3.05, 3.63) is 101 Å². The zero-order chi connectivity index (χ0) is 17.6. The number of carbonyl (C=O) groups excluding carboxylic acids is 2. The average molecular weight is 330 g/mol. The molecule has 0 radical (unpaired) electrons. The molecule has 0 aliphatic rings. The summed E-state index contributed by atoms with van der Waals surface area (Å²) in [6, 6.07) is 23.1. The molecule has 0 spiro atoms. The van der Waals surface area contributed by atoms with E-state index >= 15 is 0 Å². The monoisotopic (exact) mass is 330 g/mol. The first kappa shape index (κ1) is 16.7. The van der Waals surface area contributed by atoms with E-state index in [0.717, 1.165) is 5.56 Å². The molecule has 3 aromatic carbocycles. The third-order valence-corrected chi connectivity index (χ3v) is 4.06. The van der Waals surface area contributed by atoms with Gasteiger partial charge in [0.05, 0.1) is 0 Å². The maximum Gasteiger partial charge on any atom is 0.167 e. The van der Waals surface area contributed by atoms with Crippen LogP contribution in [0.3, 0.4) is 0 Å². The van der Waals surface area contributed by atoms with Gasteiger partial charge in [0.1, 0.15) is 5.75 Å². The summed E-state index contributed by atoms with van der Waals surface area (Å²) in [7, 11) is 0. The Balaban J connectivity index is 1.76. The molecule has 25 heavy (non-hydrogen) atoms. The van der Waals surface area contributed by atoms with Gasteiger partial charge >= 0.3 is 0 Å². The van der Waals surface area contributed by atoms with Gasteiger partial charge in [0.25, 0.3) is 0 Å². The summed E-state index contributed by atoms with van der Waals surface area (Å²) >= 11 is 0. The Morgan fingerprint density at radius 2 is 1.28 bits per heavy atom. The zero-order valence-electron chi connectivity index (χ0n) is 13.7. The molecule has 0 fully saturated rings. The van der Waals surface area contributed by atoms with Crippen molar-refractivity contribution in [2.24, 2.45) is 0 Å². The highest BCUT2D eigenvalue weighted by molar-refractivity contribution is 6.02. The highest BCUT2D eigenvalue weighted by Crippen LogP contribution is 2.19. The molecule has 1 N–H and O–H groups in total. The molecule has 0 aliphatic carbocycles. The number of hydrogen-bond donors (Lipinski definition) is 1. The normalized spacial score (nSPS) is 10.4. The van der Waals surface area contributed by atoms with E-state index in [1.54, 1.807) is 48.5 Å². The number of ketones is 2. The molecule has 3 nitrogen and oxygen atoms in total. The Labute approximate surface area is 146 Å². The highest BCUT2D eigenvalue weighted by Gasteiger charge is 2.13. The number of Topliss-reactive ketones (excluding diaryl/α,β-unsaturated/α-hetero) is 2. The number of benzene rings is 3. The van der Waals surface area contributed by atoms with Crippen molar-refractivity contribution in [2.45, 2.75) is 12.8 Å². The van der Waals surface area contributed by atoms with E-state index < -0.39 is 0 Å². The van der Waals surface area contributed by atoms with Crippen LogP contribution in [-0.2, 0) is 12.8 Å². The molecule has 124 valence electrons. The summed E-state index contributed by atoms with van der Waals surface area (Å²) in [6.07, 6.45) is 0.404. The van der Waals surface area contributed by atoms with Gasteiger partial charge in [-0.15, -0.1) is 0 Å². The van der Waals surface area contributed by atoms with Crippen molar-refractivity contribution >= 4 is 11.6 Å². The van der Waals surface area contributed by atoms with Crippen molar-refractivity contribution in [3.63, 3.8) is 0 Å². The van der Waals surface area contributed by atoms with Crippen molar-refractivity contribution < 1.29 is 14.7 Å². The van der Waals surface area contributed by atoms with Crippen LogP contribution in [0.25, 0.3) is 0 Å². The number of aromatic hydroxyl groups is 1. The number of phenols is 1.